The molecule has 0 radical (unpaired) electrons. The van der Waals surface area contributed by atoms with Crippen LogP contribution >= 0.6 is 0 Å². The van der Waals surface area contributed by atoms with Gasteiger partial charge in [-0.15, -0.1) is 0 Å². The Hall–Kier alpha value is -1.36. The number of nitrogens with two attached hydrogens (primary N) is 1. The highest BCUT2D eigenvalue weighted by molar-refractivity contribution is 5.47. The van der Waals surface area contributed by atoms with E-state index < -0.39 is 0 Å². The third kappa shape index (κ3) is 1.95. The Morgan fingerprint density at radius 3 is 3.06 bits per heavy atom. The van der Waals surface area contributed by atoms with E-state index >= 15 is 0 Å². The Morgan fingerprint density at radius 1 is 1.35 bits per heavy atom. The third-order valence-electron chi connectivity index (χ3n) is 3.91. The van der Waals surface area contributed by atoms with Crippen LogP contribution in [0.3, 0.4) is 0 Å². The van der Waals surface area contributed by atoms with E-state index in [4.69, 9.17) is 5.73 Å². The first-order chi connectivity index (χ1) is 8.24. The van der Waals surface area contributed by atoms with Crippen LogP contribution in [0.25, 0.3) is 0 Å². The molecule has 2 fully saturated rings. The first-order valence-corrected chi connectivity index (χ1v) is 6.32. The number of aromatic nitrogens is 2. The molecule has 2 aliphatic heterocycles. The smallest absolute Gasteiger partial charge is 0.134 e. The lowest BCUT2D eigenvalue weighted by Gasteiger charge is -2.42. The molecule has 0 saturated carbocycles. The zero-order chi connectivity index (χ0) is 11.8. The van der Waals surface area contributed by atoms with E-state index in [0.29, 0.717) is 17.9 Å². The Morgan fingerprint density at radius 2 is 2.24 bits per heavy atom. The standard InChI is InChI=1S/C12H19N5/c1-9-6-16-4-2-3-10(16)7-17(9)12-5-11(13)14-8-15-12/h5,8-10H,2-4,6-7H2,1H3,(H2,13,14,15). The molecule has 2 aliphatic rings. The Kier molecular flexibility index (Phi) is 2.63. The molecule has 2 N–H and O–H groups in total. The predicted octanol–water partition coefficient (Wildman–Crippen LogP) is 0.732. The number of rotatable bonds is 1. The zero-order valence-electron chi connectivity index (χ0n) is 10.2. The van der Waals surface area contributed by atoms with Gasteiger partial charge in [0.1, 0.15) is 18.0 Å². The number of fused-ring (bicyclic) bond motifs is 1. The van der Waals surface area contributed by atoms with Crippen LogP contribution in [0.4, 0.5) is 11.6 Å². The molecule has 17 heavy (non-hydrogen) atoms. The summed E-state index contributed by atoms with van der Waals surface area (Å²) in [5, 5.41) is 0. The second-order valence-electron chi connectivity index (χ2n) is 5.09. The fourth-order valence-corrected chi connectivity index (χ4v) is 3.03. The number of hydrogen-bond acceptors (Lipinski definition) is 5. The molecule has 3 heterocycles. The topological polar surface area (TPSA) is 58.3 Å². The summed E-state index contributed by atoms with van der Waals surface area (Å²) < 4.78 is 0. The molecule has 2 atom stereocenters. The van der Waals surface area contributed by atoms with E-state index in [1.165, 1.54) is 19.4 Å². The van der Waals surface area contributed by atoms with Crippen LogP contribution in [0.1, 0.15) is 19.8 Å². The third-order valence-corrected chi connectivity index (χ3v) is 3.91. The van der Waals surface area contributed by atoms with Gasteiger partial charge in [-0.05, 0) is 26.3 Å². The molecular weight excluding hydrogens is 214 g/mol. The molecular formula is C12H19N5. The summed E-state index contributed by atoms with van der Waals surface area (Å²) in [7, 11) is 0. The average Bonchev–Trinajstić information content (AvgIpc) is 2.75. The lowest BCUT2D eigenvalue weighted by molar-refractivity contribution is 0.202. The van der Waals surface area contributed by atoms with E-state index in [1.807, 2.05) is 6.07 Å². The highest BCUT2D eigenvalue weighted by Gasteiger charge is 2.34. The molecule has 1 aromatic rings. The molecule has 0 bridgehead atoms. The van der Waals surface area contributed by atoms with E-state index in [1.54, 1.807) is 6.33 Å². The van der Waals surface area contributed by atoms with E-state index in [9.17, 15) is 0 Å². The van der Waals surface area contributed by atoms with Gasteiger partial charge in [-0.2, -0.15) is 0 Å². The van der Waals surface area contributed by atoms with Crippen LogP contribution in [0.2, 0.25) is 0 Å². The normalized spacial score (nSPS) is 29.4. The maximum Gasteiger partial charge on any atom is 0.134 e. The SMILES string of the molecule is CC1CN2CCCC2CN1c1cc(N)ncn1. The van der Waals surface area contributed by atoms with Crippen molar-refractivity contribution in [2.24, 2.45) is 0 Å². The van der Waals surface area contributed by atoms with Crippen molar-refractivity contribution < 1.29 is 0 Å². The molecule has 0 aromatic carbocycles. The van der Waals surface area contributed by atoms with Gasteiger partial charge in [0.2, 0.25) is 0 Å². The highest BCUT2D eigenvalue weighted by atomic mass is 15.3. The zero-order valence-corrected chi connectivity index (χ0v) is 10.2. The highest BCUT2D eigenvalue weighted by Crippen LogP contribution is 2.27. The number of hydrogen-bond donors (Lipinski definition) is 1. The number of piperazine rings is 1. The predicted molar refractivity (Wildman–Crippen MR) is 67.8 cm³/mol. The van der Waals surface area contributed by atoms with Crippen LogP contribution in [0, 0.1) is 0 Å². The maximum absolute atomic E-state index is 5.73. The van der Waals surface area contributed by atoms with Gasteiger partial charge in [0.25, 0.3) is 0 Å². The summed E-state index contributed by atoms with van der Waals surface area (Å²) in [6.45, 7) is 5.72. The van der Waals surface area contributed by atoms with Crippen LogP contribution in [0.15, 0.2) is 12.4 Å². The molecule has 92 valence electrons. The van der Waals surface area contributed by atoms with Gasteiger partial charge >= 0.3 is 0 Å². The minimum Gasteiger partial charge on any atom is -0.384 e. The van der Waals surface area contributed by atoms with Gasteiger partial charge in [-0.1, -0.05) is 0 Å². The van der Waals surface area contributed by atoms with Crippen molar-refractivity contribution in [3.63, 3.8) is 0 Å². The lowest BCUT2D eigenvalue weighted by Crippen LogP contribution is -2.55. The van der Waals surface area contributed by atoms with Crippen LogP contribution in [-0.2, 0) is 0 Å². The Labute approximate surface area is 102 Å². The molecule has 5 nitrogen and oxygen atoms in total. The van der Waals surface area contributed by atoms with E-state index in [-0.39, 0.29) is 0 Å². The van der Waals surface area contributed by atoms with Crippen molar-refractivity contribution in [3.05, 3.63) is 12.4 Å². The van der Waals surface area contributed by atoms with Crippen molar-refractivity contribution in [1.82, 2.24) is 14.9 Å². The Balaban J connectivity index is 1.83. The van der Waals surface area contributed by atoms with Crippen molar-refractivity contribution >= 4 is 11.6 Å². The second kappa shape index (κ2) is 4.14. The van der Waals surface area contributed by atoms with Crippen molar-refractivity contribution in [3.8, 4) is 0 Å². The van der Waals surface area contributed by atoms with Gasteiger partial charge in [-0.3, -0.25) is 4.90 Å². The molecule has 0 spiro atoms. The summed E-state index contributed by atoms with van der Waals surface area (Å²) in [5.74, 6) is 1.52. The first-order valence-electron chi connectivity index (χ1n) is 6.32. The molecule has 0 amide bonds. The number of nitrogen functional groups attached to an aromatic ring is 1. The minimum atomic E-state index is 0.499. The van der Waals surface area contributed by atoms with Crippen LogP contribution in [-0.4, -0.2) is 46.6 Å². The van der Waals surface area contributed by atoms with Crippen molar-refractivity contribution in [2.75, 3.05) is 30.3 Å². The maximum atomic E-state index is 5.73. The summed E-state index contributed by atoms with van der Waals surface area (Å²) in [5.41, 5.74) is 5.73. The average molecular weight is 233 g/mol. The van der Waals surface area contributed by atoms with Gasteiger partial charge in [0.05, 0.1) is 0 Å². The molecule has 5 heteroatoms. The van der Waals surface area contributed by atoms with E-state index in [0.717, 1.165) is 18.9 Å². The molecule has 2 saturated heterocycles. The first kappa shape index (κ1) is 10.8. The van der Waals surface area contributed by atoms with Gasteiger partial charge in [0.15, 0.2) is 0 Å². The van der Waals surface area contributed by atoms with E-state index in [2.05, 4.69) is 26.7 Å². The van der Waals surface area contributed by atoms with Crippen LogP contribution in [0.5, 0.6) is 0 Å². The summed E-state index contributed by atoms with van der Waals surface area (Å²) in [4.78, 5) is 13.3. The fourth-order valence-electron chi connectivity index (χ4n) is 3.03. The summed E-state index contributed by atoms with van der Waals surface area (Å²) in [6, 6.07) is 3.07. The lowest BCUT2D eigenvalue weighted by atomic mass is 10.1. The monoisotopic (exact) mass is 233 g/mol. The molecule has 1 aromatic heterocycles. The molecule has 0 aliphatic carbocycles. The van der Waals surface area contributed by atoms with Gasteiger partial charge in [-0.25, -0.2) is 9.97 Å². The van der Waals surface area contributed by atoms with Crippen LogP contribution < -0.4 is 10.6 Å². The number of nitrogens with zero attached hydrogens (tertiary/aromatic N) is 4. The van der Waals surface area contributed by atoms with Gasteiger partial charge in [0, 0.05) is 31.2 Å². The minimum absolute atomic E-state index is 0.499. The summed E-state index contributed by atoms with van der Waals surface area (Å²) >= 11 is 0. The summed E-state index contributed by atoms with van der Waals surface area (Å²) in [6.07, 6.45) is 4.19. The van der Waals surface area contributed by atoms with Crippen molar-refractivity contribution in [2.45, 2.75) is 31.8 Å². The number of anilines is 2. The fraction of sp³-hybridized carbons (Fsp3) is 0.667. The Bertz CT molecular complexity index is 408. The molecule has 3 rings (SSSR count). The van der Waals surface area contributed by atoms with Gasteiger partial charge < -0.3 is 10.6 Å². The van der Waals surface area contributed by atoms with Crippen molar-refractivity contribution in [1.29, 1.82) is 0 Å². The molecule has 2 unspecified atom stereocenters. The quantitative estimate of drug-likeness (QED) is 0.775. The largest absolute Gasteiger partial charge is 0.384 e. The second-order valence-corrected chi connectivity index (χ2v) is 5.09.